The van der Waals surface area contributed by atoms with Gasteiger partial charge in [-0.15, -0.1) is 0 Å². The van der Waals surface area contributed by atoms with E-state index in [-0.39, 0.29) is 11.0 Å². The molecule has 1 heterocycles. The molecule has 2 nitrogen and oxygen atoms in total. The van der Waals surface area contributed by atoms with E-state index in [2.05, 4.69) is 0 Å². The Kier molecular flexibility index (Phi) is 3.03. The van der Waals surface area contributed by atoms with Crippen molar-refractivity contribution >= 4 is 29.0 Å². The number of rotatable bonds is 2. The molecule has 0 aliphatic rings. The van der Waals surface area contributed by atoms with E-state index in [1.54, 1.807) is 24.3 Å². The van der Waals surface area contributed by atoms with Crippen molar-refractivity contribution in [3.63, 3.8) is 0 Å². The van der Waals surface area contributed by atoms with Crippen molar-refractivity contribution in [3.05, 3.63) is 57.5 Å². The molecule has 1 aromatic carbocycles. The number of ketones is 1. The van der Waals surface area contributed by atoms with Crippen molar-refractivity contribution in [2.24, 2.45) is 0 Å². The Balaban J connectivity index is 2.42. The smallest absolute Gasteiger partial charge is 0.204 e. The molecule has 16 heavy (non-hydrogen) atoms. The summed E-state index contributed by atoms with van der Waals surface area (Å²) in [5.41, 5.74) is 1.77. The van der Waals surface area contributed by atoms with Gasteiger partial charge in [-0.25, -0.2) is 0 Å². The van der Waals surface area contributed by atoms with Crippen molar-refractivity contribution in [2.75, 3.05) is 0 Å². The maximum atomic E-state index is 12.0. The van der Waals surface area contributed by atoms with E-state index in [1.165, 1.54) is 6.26 Å². The van der Waals surface area contributed by atoms with Crippen LogP contribution in [0.15, 0.2) is 34.9 Å². The average molecular weight is 255 g/mol. The van der Waals surface area contributed by atoms with Crippen LogP contribution in [0.25, 0.3) is 0 Å². The van der Waals surface area contributed by atoms with E-state index in [4.69, 9.17) is 27.6 Å². The first-order valence-corrected chi connectivity index (χ1v) is 5.39. The third-order valence-corrected chi connectivity index (χ3v) is 3.00. The fraction of sp³-hybridized carbons (Fsp3) is 0.0833. The number of furan rings is 1. The highest BCUT2D eigenvalue weighted by Gasteiger charge is 2.15. The molecule has 0 amide bonds. The molecule has 0 unspecified atom stereocenters. The minimum Gasteiger partial charge on any atom is -0.452 e. The molecule has 0 atom stereocenters. The number of hydrogen-bond acceptors (Lipinski definition) is 2. The Bertz CT molecular complexity index is 544. The number of carbonyl (C=O) groups is 1. The predicted octanol–water partition coefficient (Wildman–Crippen LogP) is 4.13. The van der Waals surface area contributed by atoms with Crippen LogP contribution in [-0.2, 0) is 0 Å². The van der Waals surface area contributed by atoms with Crippen LogP contribution in [0.1, 0.15) is 21.5 Å². The SMILES string of the molecule is Cc1ccc(C(=O)c2ccoc2Cl)cc1Cl. The van der Waals surface area contributed by atoms with Gasteiger partial charge >= 0.3 is 0 Å². The topological polar surface area (TPSA) is 30.2 Å². The number of carbonyl (C=O) groups excluding carboxylic acids is 1. The minimum absolute atomic E-state index is 0.0988. The van der Waals surface area contributed by atoms with E-state index < -0.39 is 0 Å². The molecule has 0 spiro atoms. The molecule has 1 aromatic heterocycles. The molecule has 0 aliphatic heterocycles. The van der Waals surface area contributed by atoms with Crippen molar-refractivity contribution in [3.8, 4) is 0 Å². The van der Waals surface area contributed by atoms with E-state index in [0.717, 1.165) is 5.56 Å². The van der Waals surface area contributed by atoms with Crippen LogP contribution in [0.2, 0.25) is 10.2 Å². The predicted molar refractivity (Wildman–Crippen MR) is 63.3 cm³/mol. The minimum atomic E-state index is -0.194. The summed E-state index contributed by atoms with van der Waals surface area (Å²) in [6.45, 7) is 1.88. The van der Waals surface area contributed by atoms with Gasteiger partial charge < -0.3 is 4.42 Å². The lowest BCUT2D eigenvalue weighted by Crippen LogP contribution is -2.00. The van der Waals surface area contributed by atoms with Gasteiger partial charge in [0.05, 0.1) is 11.8 Å². The zero-order valence-electron chi connectivity index (χ0n) is 8.46. The van der Waals surface area contributed by atoms with E-state index in [0.29, 0.717) is 16.1 Å². The van der Waals surface area contributed by atoms with Crippen LogP contribution in [0.3, 0.4) is 0 Å². The molecule has 0 N–H and O–H groups in total. The Morgan fingerprint density at radius 1 is 1.25 bits per heavy atom. The summed E-state index contributed by atoms with van der Waals surface area (Å²) < 4.78 is 4.87. The molecule has 0 fully saturated rings. The fourth-order valence-corrected chi connectivity index (χ4v) is 1.73. The van der Waals surface area contributed by atoms with Crippen LogP contribution in [0, 0.1) is 6.92 Å². The maximum Gasteiger partial charge on any atom is 0.204 e. The van der Waals surface area contributed by atoms with Crippen molar-refractivity contribution in [1.29, 1.82) is 0 Å². The quantitative estimate of drug-likeness (QED) is 0.755. The second-order valence-electron chi connectivity index (χ2n) is 3.40. The van der Waals surface area contributed by atoms with Crippen LogP contribution in [0.5, 0.6) is 0 Å². The zero-order valence-corrected chi connectivity index (χ0v) is 9.97. The average Bonchev–Trinajstić information content (AvgIpc) is 2.67. The zero-order chi connectivity index (χ0) is 11.7. The highest BCUT2D eigenvalue weighted by Crippen LogP contribution is 2.23. The molecule has 0 radical (unpaired) electrons. The molecule has 4 heteroatoms. The van der Waals surface area contributed by atoms with Gasteiger partial charge in [-0.05, 0) is 36.2 Å². The molecule has 0 bridgehead atoms. The van der Waals surface area contributed by atoms with E-state index in [9.17, 15) is 4.79 Å². The van der Waals surface area contributed by atoms with Crippen LogP contribution in [0.4, 0.5) is 0 Å². The van der Waals surface area contributed by atoms with Gasteiger partial charge in [0.2, 0.25) is 5.22 Å². The van der Waals surface area contributed by atoms with Crippen molar-refractivity contribution in [2.45, 2.75) is 6.92 Å². The Morgan fingerprint density at radius 3 is 2.56 bits per heavy atom. The second-order valence-corrected chi connectivity index (χ2v) is 4.15. The van der Waals surface area contributed by atoms with Gasteiger partial charge in [-0.2, -0.15) is 0 Å². The summed E-state index contributed by atoms with van der Waals surface area (Å²) in [4.78, 5) is 12.0. The summed E-state index contributed by atoms with van der Waals surface area (Å²) in [6, 6.07) is 6.68. The van der Waals surface area contributed by atoms with Crippen molar-refractivity contribution in [1.82, 2.24) is 0 Å². The molecular weight excluding hydrogens is 247 g/mol. The molecule has 0 aliphatic carbocycles. The van der Waals surface area contributed by atoms with Crippen LogP contribution < -0.4 is 0 Å². The molecule has 82 valence electrons. The monoisotopic (exact) mass is 254 g/mol. The number of benzene rings is 1. The third-order valence-electron chi connectivity index (χ3n) is 2.30. The lowest BCUT2D eigenvalue weighted by Gasteiger charge is -2.02. The Hall–Kier alpha value is -1.25. The summed E-state index contributed by atoms with van der Waals surface area (Å²) in [5, 5.41) is 0.659. The van der Waals surface area contributed by atoms with Gasteiger partial charge in [0.25, 0.3) is 0 Å². The van der Waals surface area contributed by atoms with E-state index >= 15 is 0 Å². The van der Waals surface area contributed by atoms with E-state index in [1.807, 2.05) is 6.92 Å². The molecule has 0 saturated carbocycles. The first kappa shape index (κ1) is 11.2. The molecule has 2 aromatic rings. The number of aryl methyl sites for hydroxylation is 1. The van der Waals surface area contributed by atoms with Gasteiger partial charge in [0.1, 0.15) is 0 Å². The lowest BCUT2D eigenvalue weighted by atomic mass is 10.0. The summed E-state index contributed by atoms with van der Waals surface area (Å²) in [5.74, 6) is -0.194. The van der Waals surface area contributed by atoms with Crippen LogP contribution in [-0.4, -0.2) is 5.78 Å². The Labute approximate surface area is 103 Å². The normalized spacial score (nSPS) is 10.4. The maximum absolute atomic E-state index is 12.0. The number of hydrogen-bond donors (Lipinski definition) is 0. The fourth-order valence-electron chi connectivity index (χ4n) is 1.35. The molecule has 2 rings (SSSR count). The third kappa shape index (κ3) is 1.99. The Morgan fingerprint density at radius 2 is 2.00 bits per heavy atom. The largest absolute Gasteiger partial charge is 0.452 e. The van der Waals surface area contributed by atoms with Gasteiger partial charge in [-0.1, -0.05) is 23.7 Å². The van der Waals surface area contributed by atoms with Crippen molar-refractivity contribution < 1.29 is 9.21 Å². The number of halogens is 2. The highest BCUT2D eigenvalue weighted by atomic mass is 35.5. The summed E-state index contributed by atoms with van der Waals surface area (Å²) >= 11 is 11.7. The lowest BCUT2D eigenvalue weighted by molar-refractivity contribution is 0.103. The van der Waals surface area contributed by atoms with Crippen LogP contribution >= 0.6 is 23.2 Å². The molecule has 0 saturated heterocycles. The van der Waals surface area contributed by atoms with Gasteiger partial charge in [0.15, 0.2) is 5.78 Å². The summed E-state index contributed by atoms with van der Waals surface area (Å²) in [6.07, 6.45) is 1.38. The first-order valence-electron chi connectivity index (χ1n) is 4.63. The van der Waals surface area contributed by atoms with Gasteiger partial charge in [-0.3, -0.25) is 4.79 Å². The second kappa shape index (κ2) is 4.32. The standard InChI is InChI=1S/C12H8Cl2O2/c1-7-2-3-8(6-10(7)13)11(15)9-4-5-16-12(9)14/h2-6H,1H3. The molecular formula is C12H8Cl2O2. The van der Waals surface area contributed by atoms with Gasteiger partial charge in [0, 0.05) is 10.6 Å². The first-order chi connectivity index (χ1) is 7.59. The summed E-state index contributed by atoms with van der Waals surface area (Å²) in [7, 11) is 0. The highest BCUT2D eigenvalue weighted by molar-refractivity contribution is 6.34.